The number of benzene rings is 1. The number of carbonyl (C=O) groups is 1. The van der Waals surface area contributed by atoms with Crippen LogP contribution in [0.5, 0.6) is 0 Å². The van der Waals surface area contributed by atoms with Gasteiger partial charge in [-0.25, -0.2) is 0 Å². The van der Waals surface area contributed by atoms with Gasteiger partial charge >= 0.3 is 0 Å². The van der Waals surface area contributed by atoms with Crippen LogP contribution in [-0.2, 0) is 4.79 Å². The van der Waals surface area contributed by atoms with E-state index in [-0.39, 0.29) is 42.7 Å². The lowest BCUT2D eigenvalue weighted by atomic mass is 9.98. The van der Waals surface area contributed by atoms with Gasteiger partial charge in [0.2, 0.25) is 5.91 Å². The van der Waals surface area contributed by atoms with Crippen LogP contribution in [0.2, 0.25) is 0 Å². The zero-order valence-electron chi connectivity index (χ0n) is 12.6. The van der Waals surface area contributed by atoms with Crippen molar-refractivity contribution in [3.05, 3.63) is 66.0 Å². The van der Waals surface area contributed by atoms with Gasteiger partial charge in [-0.15, -0.1) is 24.8 Å². The molecule has 1 aromatic heterocycles. The summed E-state index contributed by atoms with van der Waals surface area (Å²) in [5, 5.41) is 6.41. The van der Waals surface area contributed by atoms with Crippen LogP contribution in [-0.4, -0.2) is 24.0 Å². The van der Waals surface area contributed by atoms with E-state index in [4.69, 9.17) is 0 Å². The Kier molecular flexibility index (Phi) is 8.03. The Morgan fingerprint density at radius 2 is 1.87 bits per heavy atom. The first-order valence-electron chi connectivity index (χ1n) is 7.30. The lowest BCUT2D eigenvalue weighted by Crippen LogP contribution is -2.35. The minimum absolute atomic E-state index is 0. The number of nitrogens with zero attached hydrogens (tertiary/aromatic N) is 1. The topological polar surface area (TPSA) is 54.0 Å². The number of hydrogen-bond acceptors (Lipinski definition) is 3. The maximum Gasteiger partial charge on any atom is 0.225 e. The highest BCUT2D eigenvalue weighted by atomic mass is 35.5. The molecular weight excluding hydrogens is 333 g/mol. The Labute approximate surface area is 148 Å². The van der Waals surface area contributed by atoms with E-state index in [0.29, 0.717) is 0 Å². The van der Waals surface area contributed by atoms with Gasteiger partial charge in [-0.1, -0.05) is 36.4 Å². The van der Waals surface area contributed by atoms with Crippen molar-refractivity contribution >= 4 is 30.7 Å². The predicted molar refractivity (Wildman–Crippen MR) is 96.1 cm³/mol. The molecule has 2 N–H and O–H groups in total. The van der Waals surface area contributed by atoms with E-state index in [1.54, 1.807) is 6.20 Å². The highest BCUT2D eigenvalue weighted by Crippen LogP contribution is 2.22. The second-order valence-electron chi connectivity index (χ2n) is 5.33. The molecule has 23 heavy (non-hydrogen) atoms. The van der Waals surface area contributed by atoms with Crippen LogP contribution in [0.1, 0.15) is 23.6 Å². The number of amides is 1. The summed E-state index contributed by atoms with van der Waals surface area (Å²) in [5.41, 5.74) is 2.08. The molecule has 1 aromatic carbocycles. The summed E-state index contributed by atoms with van der Waals surface area (Å²) in [6.07, 6.45) is 4.46. The molecule has 2 aromatic rings. The molecule has 4 nitrogen and oxygen atoms in total. The van der Waals surface area contributed by atoms with Crippen molar-refractivity contribution in [3.8, 4) is 0 Å². The third kappa shape index (κ3) is 4.93. The zero-order chi connectivity index (χ0) is 14.5. The molecule has 1 saturated heterocycles. The molecule has 1 aliphatic rings. The van der Waals surface area contributed by atoms with Crippen molar-refractivity contribution in [2.45, 2.75) is 12.5 Å². The van der Waals surface area contributed by atoms with Gasteiger partial charge in [0.1, 0.15) is 0 Å². The van der Waals surface area contributed by atoms with E-state index in [1.807, 2.05) is 48.7 Å². The lowest BCUT2D eigenvalue weighted by Gasteiger charge is -2.21. The van der Waals surface area contributed by atoms with Crippen LogP contribution < -0.4 is 10.6 Å². The smallest absolute Gasteiger partial charge is 0.225 e. The maximum atomic E-state index is 12.4. The summed E-state index contributed by atoms with van der Waals surface area (Å²) in [6.45, 7) is 1.68. The third-order valence-corrected chi connectivity index (χ3v) is 3.87. The van der Waals surface area contributed by atoms with E-state index in [9.17, 15) is 4.79 Å². The molecule has 0 spiro atoms. The molecule has 2 heterocycles. The second kappa shape index (κ2) is 9.50. The fourth-order valence-corrected chi connectivity index (χ4v) is 2.69. The second-order valence-corrected chi connectivity index (χ2v) is 5.33. The number of aromatic nitrogens is 1. The summed E-state index contributed by atoms with van der Waals surface area (Å²) in [5.74, 6) is 0.172. The first kappa shape index (κ1) is 19.4. The fraction of sp³-hybridized carbons (Fsp3) is 0.294. The molecule has 0 radical (unpaired) electrons. The number of rotatable bonds is 4. The molecule has 1 amide bonds. The predicted octanol–water partition coefficient (Wildman–Crippen LogP) is 2.74. The Bertz CT molecular complexity index is 550. The van der Waals surface area contributed by atoms with Crippen LogP contribution in [0, 0.1) is 5.92 Å². The highest BCUT2D eigenvalue weighted by Gasteiger charge is 2.25. The average Bonchev–Trinajstić information content (AvgIpc) is 3.09. The Hall–Kier alpha value is -1.62. The third-order valence-electron chi connectivity index (χ3n) is 3.87. The zero-order valence-corrected chi connectivity index (χ0v) is 14.3. The van der Waals surface area contributed by atoms with Gasteiger partial charge < -0.3 is 10.6 Å². The Morgan fingerprint density at radius 1 is 1.13 bits per heavy atom. The summed E-state index contributed by atoms with van der Waals surface area (Å²) >= 11 is 0. The number of hydrogen-bond donors (Lipinski definition) is 2. The van der Waals surface area contributed by atoms with Gasteiger partial charge in [-0.05, 0) is 30.2 Å². The molecule has 6 heteroatoms. The van der Waals surface area contributed by atoms with Crippen LogP contribution in [0.15, 0.2) is 54.9 Å². The number of carbonyl (C=O) groups excluding carboxylic acids is 1. The van der Waals surface area contributed by atoms with Crippen LogP contribution >= 0.6 is 24.8 Å². The van der Waals surface area contributed by atoms with Gasteiger partial charge in [-0.2, -0.15) is 0 Å². The van der Waals surface area contributed by atoms with E-state index in [0.717, 1.165) is 30.6 Å². The molecule has 124 valence electrons. The minimum atomic E-state index is -0.145. The molecule has 1 aliphatic heterocycles. The van der Waals surface area contributed by atoms with Crippen molar-refractivity contribution in [3.63, 3.8) is 0 Å². The number of halogens is 2. The largest absolute Gasteiger partial charge is 0.345 e. The molecule has 2 atom stereocenters. The summed E-state index contributed by atoms with van der Waals surface area (Å²) in [6, 6.07) is 13.8. The van der Waals surface area contributed by atoms with Crippen LogP contribution in [0.3, 0.4) is 0 Å². The van der Waals surface area contributed by atoms with Gasteiger partial charge in [-0.3, -0.25) is 9.78 Å². The first-order chi connectivity index (χ1) is 10.3. The molecular formula is C17H21Cl2N3O. The van der Waals surface area contributed by atoms with Crippen molar-refractivity contribution < 1.29 is 4.79 Å². The average molecular weight is 354 g/mol. The van der Waals surface area contributed by atoms with Crippen molar-refractivity contribution in [1.82, 2.24) is 15.6 Å². The fourth-order valence-electron chi connectivity index (χ4n) is 2.69. The molecule has 0 saturated carbocycles. The molecule has 0 bridgehead atoms. The summed E-state index contributed by atoms with van der Waals surface area (Å²) < 4.78 is 0. The number of nitrogens with one attached hydrogen (secondary N) is 2. The first-order valence-corrected chi connectivity index (χ1v) is 7.30. The van der Waals surface area contributed by atoms with E-state index >= 15 is 0 Å². The molecule has 3 rings (SSSR count). The molecule has 2 unspecified atom stereocenters. The van der Waals surface area contributed by atoms with Crippen molar-refractivity contribution in [1.29, 1.82) is 0 Å². The van der Waals surface area contributed by atoms with Gasteiger partial charge in [0, 0.05) is 18.9 Å². The highest BCUT2D eigenvalue weighted by molar-refractivity contribution is 5.85. The van der Waals surface area contributed by atoms with Crippen molar-refractivity contribution in [2.75, 3.05) is 13.1 Å². The standard InChI is InChI=1S/C17H19N3O.2ClH/c21-17(15-8-10-19-12-15)20-16(13-5-2-1-3-6-13)14-7-4-9-18-11-14;;/h1-7,9,11,15-16,19H,8,10,12H2,(H,20,21);2*1H. The van der Waals surface area contributed by atoms with Crippen LogP contribution in [0.4, 0.5) is 0 Å². The SMILES string of the molecule is Cl.Cl.O=C(NC(c1ccccc1)c1cccnc1)C1CCNC1. The molecule has 1 fully saturated rings. The van der Waals surface area contributed by atoms with E-state index in [1.165, 1.54) is 0 Å². The summed E-state index contributed by atoms with van der Waals surface area (Å²) in [4.78, 5) is 16.6. The Balaban J connectivity index is 0.00000132. The van der Waals surface area contributed by atoms with Gasteiger partial charge in [0.25, 0.3) is 0 Å². The van der Waals surface area contributed by atoms with Crippen LogP contribution in [0.25, 0.3) is 0 Å². The van der Waals surface area contributed by atoms with E-state index in [2.05, 4.69) is 15.6 Å². The Morgan fingerprint density at radius 3 is 2.48 bits per heavy atom. The van der Waals surface area contributed by atoms with Crippen molar-refractivity contribution in [2.24, 2.45) is 5.92 Å². The minimum Gasteiger partial charge on any atom is -0.345 e. The monoisotopic (exact) mass is 353 g/mol. The van der Waals surface area contributed by atoms with E-state index < -0.39 is 0 Å². The van der Waals surface area contributed by atoms with Gasteiger partial charge in [0.05, 0.1) is 12.0 Å². The normalized spacial score (nSPS) is 17.5. The maximum absolute atomic E-state index is 12.4. The summed E-state index contributed by atoms with van der Waals surface area (Å²) in [7, 11) is 0. The lowest BCUT2D eigenvalue weighted by molar-refractivity contribution is -0.124. The number of pyridine rings is 1. The quantitative estimate of drug-likeness (QED) is 0.888. The molecule has 0 aliphatic carbocycles. The van der Waals surface area contributed by atoms with Gasteiger partial charge in [0.15, 0.2) is 0 Å².